The molecule has 2 aromatic rings. The molecule has 0 unspecified atom stereocenters. The molecule has 0 aliphatic rings. The van der Waals surface area contributed by atoms with Gasteiger partial charge in [0.1, 0.15) is 0 Å². The van der Waals surface area contributed by atoms with Gasteiger partial charge < -0.3 is 10.6 Å². The van der Waals surface area contributed by atoms with Crippen molar-refractivity contribution in [3.05, 3.63) is 60.7 Å². The first-order valence-electron chi connectivity index (χ1n) is 8.84. The number of hydrogen-bond donors (Lipinski definition) is 2. The van der Waals surface area contributed by atoms with Gasteiger partial charge in [-0.2, -0.15) is 0 Å². The molecular formula is C21H26N2O2S2. The summed E-state index contributed by atoms with van der Waals surface area (Å²) >= 11 is 3.03. The van der Waals surface area contributed by atoms with Gasteiger partial charge in [-0.15, -0.1) is 23.5 Å². The molecule has 0 aliphatic heterocycles. The van der Waals surface area contributed by atoms with Crippen molar-refractivity contribution in [1.29, 1.82) is 0 Å². The molecule has 2 aromatic carbocycles. The van der Waals surface area contributed by atoms with E-state index < -0.39 is 0 Å². The molecule has 4 nitrogen and oxygen atoms in total. The smallest absolute Gasteiger partial charge is 0.230 e. The molecule has 2 rings (SSSR count). The predicted octanol–water partition coefficient (Wildman–Crippen LogP) is 3.83. The van der Waals surface area contributed by atoms with E-state index in [2.05, 4.69) is 10.6 Å². The Balaban J connectivity index is 1.63. The van der Waals surface area contributed by atoms with Crippen LogP contribution in [0.25, 0.3) is 0 Å². The zero-order valence-electron chi connectivity index (χ0n) is 15.7. The molecule has 2 N–H and O–H groups in total. The molecule has 0 heterocycles. The number of nitrogens with one attached hydrogen (secondary N) is 2. The summed E-state index contributed by atoms with van der Waals surface area (Å²) in [5, 5.41) is 5.92. The molecule has 0 aliphatic carbocycles. The van der Waals surface area contributed by atoms with Gasteiger partial charge in [-0.3, -0.25) is 9.59 Å². The Morgan fingerprint density at radius 3 is 1.48 bits per heavy atom. The lowest BCUT2D eigenvalue weighted by atomic mass is 9.93. The van der Waals surface area contributed by atoms with E-state index in [-0.39, 0.29) is 17.2 Å². The number of rotatable bonds is 10. The van der Waals surface area contributed by atoms with Crippen LogP contribution >= 0.6 is 23.5 Å². The summed E-state index contributed by atoms with van der Waals surface area (Å²) in [5.41, 5.74) is -0.208. The number of carbonyl (C=O) groups excluding carboxylic acids is 2. The van der Waals surface area contributed by atoms with Crippen LogP contribution in [0.5, 0.6) is 0 Å². The molecule has 0 saturated carbocycles. The maximum Gasteiger partial charge on any atom is 0.230 e. The first kappa shape index (κ1) is 21.4. The molecule has 0 radical (unpaired) electrons. The van der Waals surface area contributed by atoms with Crippen LogP contribution in [0.3, 0.4) is 0 Å². The second-order valence-corrected chi connectivity index (χ2v) is 9.02. The van der Waals surface area contributed by atoms with Gasteiger partial charge in [0, 0.05) is 22.9 Å². The van der Waals surface area contributed by atoms with Gasteiger partial charge in [0.2, 0.25) is 11.8 Å². The van der Waals surface area contributed by atoms with Crippen LogP contribution < -0.4 is 10.6 Å². The minimum Gasteiger partial charge on any atom is -0.355 e. The molecule has 6 heteroatoms. The Morgan fingerprint density at radius 2 is 1.11 bits per heavy atom. The Hall–Kier alpha value is -1.92. The second kappa shape index (κ2) is 11.0. The highest BCUT2D eigenvalue weighted by molar-refractivity contribution is 8.00. The van der Waals surface area contributed by atoms with E-state index in [1.54, 1.807) is 0 Å². The van der Waals surface area contributed by atoms with Crippen LogP contribution in [0, 0.1) is 5.41 Å². The van der Waals surface area contributed by atoms with E-state index in [1.807, 2.05) is 74.5 Å². The monoisotopic (exact) mass is 402 g/mol. The summed E-state index contributed by atoms with van der Waals surface area (Å²) in [5.74, 6) is 0.783. The predicted molar refractivity (Wildman–Crippen MR) is 114 cm³/mol. The molecule has 0 aromatic heterocycles. The maximum atomic E-state index is 12.0. The Bertz CT molecular complexity index is 660. The molecule has 0 saturated heterocycles. The fourth-order valence-electron chi connectivity index (χ4n) is 2.17. The first-order chi connectivity index (χ1) is 12.9. The first-order valence-corrected chi connectivity index (χ1v) is 10.8. The van der Waals surface area contributed by atoms with Gasteiger partial charge in [-0.1, -0.05) is 50.2 Å². The fraction of sp³-hybridized carbons (Fsp3) is 0.333. The van der Waals surface area contributed by atoms with Crippen LogP contribution in [0.1, 0.15) is 13.8 Å². The van der Waals surface area contributed by atoms with Crippen molar-refractivity contribution in [3.63, 3.8) is 0 Å². The van der Waals surface area contributed by atoms with Crippen molar-refractivity contribution in [2.45, 2.75) is 23.6 Å². The number of thioether (sulfide) groups is 2. The van der Waals surface area contributed by atoms with Crippen LogP contribution in [0.2, 0.25) is 0 Å². The largest absolute Gasteiger partial charge is 0.355 e. The van der Waals surface area contributed by atoms with Crippen LogP contribution in [0.15, 0.2) is 70.5 Å². The van der Waals surface area contributed by atoms with E-state index >= 15 is 0 Å². The number of hydrogen-bond acceptors (Lipinski definition) is 4. The van der Waals surface area contributed by atoms with Gasteiger partial charge in [-0.05, 0) is 29.7 Å². The van der Waals surface area contributed by atoms with Crippen LogP contribution in [-0.2, 0) is 9.59 Å². The van der Waals surface area contributed by atoms with Gasteiger partial charge in [-0.25, -0.2) is 0 Å². The quantitative estimate of drug-likeness (QED) is 0.593. The second-order valence-electron chi connectivity index (χ2n) is 6.92. The maximum absolute atomic E-state index is 12.0. The van der Waals surface area contributed by atoms with Crippen molar-refractivity contribution >= 4 is 35.3 Å². The lowest BCUT2D eigenvalue weighted by Crippen LogP contribution is -2.42. The Kier molecular flexibility index (Phi) is 8.75. The van der Waals surface area contributed by atoms with E-state index in [0.717, 1.165) is 9.79 Å². The summed E-state index contributed by atoms with van der Waals surface area (Å²) in [7, 11) is 0. The Morgan fingerprint density at radius 1 is 0.741 bits per heavy atom. The third kappa shape index (κ3) is 9.02. The van der Waals surface area contributed by atoms with Crippen molar-refractivity contribution in [2.75, 3.05) is 24.6 Å². The molecule has 0 bridgehead atoms. The molecule has 0 fully saturated rings. The van der Waals surface area contributed by atoms with E-state index in [9.17, 15) is 9.59 Å². The van der Waals surface area contributed by atoms with Gasteiger partial charge >= 0.3 is 0 Å². The highest BCUT2D eigenvalue weighted by atomic mass is 32.2. The zero-order chi connectivity index (χ0) is 19.5. The summed E-state index contributed by atoms with van der Waals surface area (Å²) < 4.78 is 0. The molecule has 27 heavy (non-hydrogen) atoms. The van der Waals surface area contributed by atoms with Gasteiger partial charge in [0.25, 0.3) is 0 Å². The number of carbonyl (C=O) groups is 2. The van der Waals surface area contributed by atoms with Crippen LogP contribution in [-0.4, -0.2) is 36.4 Å². The van der Waals surface area contributed by atoms with Crippen molar-refractivity contribution in [2.24, 2.45) is 5.41 Å². The lowest BCUT2D eigenvalue weighted by molar-refractivity contribution is -0.119. The SMILES string of the molecule is CC(C)(CNC(=O)CSc1ccccc1)CNC(=O)CSc1ccccc1. The summed E-state index contributed by atoms with van der Waals surface area (Å²) in [6.45, 7) is 5.10. The lowest BCUT2D eigenvalue weighted by Gasteiger charge is -2.25. The van der Waals surface area contributed by atoms with Crippen molar-refractivity contribution in [3.8, 4) is 0 Å². The minimum absolute atomic E-state index is 0.00267. The normalized spacial score (nSPS) is 11.0. The third-order valence-corrected chi connectivity index (χ3v) is 5.78. The average Bonchev–Trinajstić information content (AvgIpc) is 2.69. The Labute approximate surface area is 169 Å². The number of amides is 2. The summed E-state index contributed by atoms with van der Waals surface area (Å²) in [6, 6.07) is 19.7. The molecule has 0 atom stereocenters. The van der Waals surface area contributed by atoms with Crippen molar-refractivity contribution in [1.82, 2.24) is 10.6 Å². The zero-order valence-corrected chi connectivity index (χ0v) is 17.4. The van der Waals surface area contributed by atoms with Gasteiger partial charge in [0.05, 0.1) is 11.5 Å². The third-order valence-electron chi connectivity index (χ3n) is 3.75. The fourth-order valence-corrected chi connectivity index (χ4v) is 3.67. The molecule has 0 spiro atoms. The summed E-state index contributed by atoms with van der Waals surface area (Å²) in [6.07, 6.45) is 0. The van der Waals surface area contributed by atoms with Crippen LogP contribution in [0.4, 0.5) is 0 Å². The van der Waals surface area contributed by atoms with Gasteiger partial charge in [0.15, 0.2) is 0 Å². The minimum atomic E-state index is -0.208. The molecule has 144 valence electrons. The van der Waals surface area contributed by atoms with E-state index in [0.29, 0.717) is 24.6 Å². The molecule has 2 amide bonds. The summed E-state index contributed by atoms with van der Waals surface area (Å²) in [4.78, 5) is 26.2. The molecular weight excluding hydrogens is 376 g/mol. The standard InChI is InChI=1S/C21H26N2O2S2/c1-21(2,15-22-19(24)13-26-17-9-5-3-6-10-17)16-23-20(25)14-27-18-11-7-4-8-12-18/h3-12H,13-16H2,1-2H3,(H,22,24)(H,23,25). The van der Waals surface area contributed by atoms with E-state index in [1.165, 1.54) is 23.5 Å². The topological polar surface area (TPSA) is 58.2 Å². The van der Waals surface area contributed by atoms with Crippen molar-refractivity contribution < 1.29 is 9.59 Å². The number of benzene rings is 2. The van der Waals surface area contributed by atoms with E-state index in [4.69, 9.17) is 0 Å². The highest BCUT2D eigenvalue weighted by Gasteiger charge is 2.20. The average molecular weight is 403 g/mol. The highest BCUT2D eigenvalue weighted by Crippen LogP contribution is 2.18.